The molecule has 0 aliphatic heterocycles. The van der Waals surface area contributed by atoms with Gasteiger partial charge in [-0.2, -0.15) is 0 Å². The maximum absolute atomic E-state index is 12.0. The highest BCUT2D eigenvalue weighted by atomic mass is 16.5. The minimum atomic E-state index is -0.905. The molecule has 0 spiro atoms. The number of pyridine rings is 1. The molecule has 134 valence electrons. The number of anilines is 1. The minimum Gasteiger partial charge on any atom is -0.493 e. The Balaban J connectivity index is 1.91. The largest absolute Gasteiger partial charge is 0.493 e. The first-order chi connectivity index (χ1) is 12.0. The number of methoxy groups -OCH3 is 2. The zero-order valence-electron chi connectivity index (χ0n) is 14.1. The number of aromatic nitrogens is 1. The summed E-state index contributed by atoms with van der Waals surface area (Å²) in [4.78, 5) is 23.6. The number of aliphatic hydroxyl groups is 1. The molecule has 0 aliphatic carbocycles. The molecule has 0 saturated carbocycles. The van der Waals surface area contributed by atoms with Crippen LogP contribution in [0, 0.1) is 0 Å². The Bertz CT molecular complexity index is 775. The summed E-state index contributed by atoms with van der Waals surface area (Å²) >= 11 is 0. The van der Waals surface area contributed by atoms with Gasteiger partial charge in [0.05, 0.1) is 32.6 Å². The molecule has 2 rings (SSSR count). The molecule has 2 amide bonds. The lowest BCUT2D eigenvalue weighted by molar-refractivity contribution is 0.151. The summed E-state index contributed by atoms with van der Waals surface area (Å²) < 4.78 is 11.8. The highest BCUT2D eigenvalue weighted by Gasteiger charge is 2.13. The molecule has 0 bridgehead atoms. The highest BCUT2D eigenvalue weighted by Crippen LogP contribution is 2.34. The molecule has 1 aromatic carbocycles. The van der Waals surface area contributed by atoms with Crippen molar-refractivity contribution in [2.24, 2.45) is 0 Å². The Kier molecular flexibility index (Phi) is 6.41. The van der Waals surface area contributed by atoms with Gasteiger partial charge in [0.1, 0.15) is 0 Å². The van der Waals surface area contributed by atoms with Crippen LogP contribution in [0.1, 0.15) is 0 Å². The minimum absolute atomic E-state index is 0.0144. The zero-order chi connectivity index (χ0) is 18.2. The van der Waals surface area contributed by atoms with Gasteiger partial charge in [0.2, 0.25) is 0 Å². The Morgan fingerprint density at radius 1 is 1.20 bits per heavy atom. The Morgan fingerprint density at radius 3 is 2.68 bits per heavy atom. The van der Waals surface area contributed by atoms with Crippen LogP contribution in [0.25, 0.3) is 0 Å². The van der Waals surface area contributed by atoms with Crippen molar-refractivity contribution in [1.29, 1.82) is 0 Å². The fourth-order valence-electron chi connectivity index (χ4n) is 2.27. The number of nitrogens with one attached hydrogen (secondary N) is 2. The number of amides is 2. The topological polar surface area (TPSA) is 102 Å². The number of urea groups is 1. The van der Waals surface area contributed by atoms with Crippen LogP contribution in [0.4, 0.5) is 10.5 Å². The molecule has 8 nitrogen and oxygen atoms in total. The number of benzene rings is 1. The third kappa shape index (κ3) is 4.98. The van der Waals surface area contributed by atoms with Crippen molar-refractivity contribution in [3.63, 3.8) is 0 Å². The van der Waals surface area contributed by atoms with Gasteiger partial charge in [0.25, 0.3) is 5.56 Å². The van der Waals surface area contributed by atoms with Crippen molar-refractivity contribution in [3.05, 3.63) is 52.9 Å². The summed E-state index contributed by atoms with van der Waals surface area (Å²) in [7, 11) is 2.98. The normalized spacial score (nSPS) is 11.5. The molecule has 1 unspecified atom stereocenters. The molecule has 1 heterocycles. The van der Waals surface area contributed by atoms with Crippen molar-refractivity contribution in [3.8, 4) is 11.5 Å². The van der Waals surface area contributed by atoms with Gasteiger partial charge in [0, 0.05) is 18.8 Å². The average Bonchev–Trinajstić information content (AvgIpc) is 2.61. The maximum atomic E-state index is 12.0. The Morgan fingerprint density at radius 2 is 2.00 bits per heavy atom. The second-order valence-corrected chi connectivity index (χ2v) is 5.22. The van der Waals surface area contributed by atoms with Crippen LogP contribution in [-0.2, 0) is 6.54 Å². The predicted octanol–water partition coefficient (Wildman–Crippen LogP) is 1.05. The molecular weight excluding hydrogens is 326 g/mol. The van der Waals surface area contributed by atoms with Crippen LogP contribution in [0.5, 0.6) is 11.5 Å². The van der Waals surface area contributed by atoms with Crippen LogP contribution in [0.2, 0.25) is 0 Å². The summed E-state index contributed by atoms with van der Waals surface area (Å²) in [5.41, 5.74) is 0.222. The lowest BCUT2D eigenvalue weighted by Gasteiger charge is -2.16. The van der Waals surface area contributed by atoms with Crippen molar-refractivity contribution in [2.45, 2.75) is 12.6 Å². The van der Waals surface area contributed by atoms with Crippen molar-refractivity contribution < 1.29 is 19.4 Å². The number of para-hydroxylation sites is 1. The van der Waals surface area contributed by atoms with E-state index in [1.807, 2.05) is 0 Å². The van der Waals surface area contributed by atoms with E-state index in [0.717, 1.165) is 0 Å². The highest BCUT2D eigenvalue weighted by molar-refractivity contribution is 5.91. The van der Waals surface area contributed by atoms with E-state index in [1.54, 1.807) is 36.5 Å². The molecule has 25 heavy (non-hydrogen) atoms. The first-order valence-corrected chi connectivity index (χ1v) is 7.64. The summed E-state index contributed by atoms with van der Waals surface area (Å²) in [5, 5.41) is 15.2. The molecule has 0 radical (unpaired) electrons. The van der Waals surface area contributed by atoms with Crippen LogP contribution in [0.15, 0.2) is 47.4 Å². The van der Waals surface area contributed by atoms with Gasteiger partial charge >= 0.3 is 6.03 Å². The molecule has 0 saturated heterocycles. The van der Waals surface area contributed by atoms with Gasteiger partial charge in [-0.05, 0) is 18.2 Å². The van der Waals surface area contributed by atoms with E-state index >= 15 is 0 Å². The van der Waals surface area contributed by atoms with Crippen molar-refractivity contribution >= 4 is 11.7 Å². The molecule has 0 aliphatic rings. The number of aliphatic hydroxyl groups excluding tert-OH is 1. The summed E-state index contributed by atoms with van der Waals surface area (Å²) in [6.07, 6.45) is 0.672. The Hall–Kier alpha value is -3.00. The van der Waals surface area contributed by atoms with E-state index in [2.05, 4.69) is 10.6 Å². The monoisotopic (exact) mass is 347 g/mol. The van der Waals surface area contributed by atoms with E-state index in [0.29, 0.717) is 17.2 Å². The van der Waals surface area contributed by atoms with Gasteiger partial charge in [-0.25, -0.2) is 4.79 Å². The summed E-state index contributed by atoms with van der Waals surface area (Å²) in [5.74, 6) is 0.889. The summed E-state index contributed by atoms with van der Waals surface area (Å²) in [6, 6.07) is 9.31. The SMILES string of the molecule is COc1cccc(NC(=O)NCC(O)Cn2ccccc2=O)c1OC. The standard InChI is InChI=1S/C17H21N3O5/c1-24-14-7-5-6-13(16(14)25-2)19-17(23)18-10-12(21)11-20-9-4-3-8-15(20)22/h3-9,12,21H,10-11H2,1-2H3,(H2,18,19,23). The summed E-state index contributed by atoms with van der Waals surface area (Å²) in [6.45, 7) is 0.0713. The van der Waals surface area contributed by atoms with Crippen molar-refractivity contribution in [2.75, 3.05) is 26.1 Å². The van der Waals surface area contributed by atoms with Gasteiger partial charge in [-0.1, -0.05) is 12.1 Å². The average molecular weight is 347 g/mol. The third-order valence-electron chi connectivity index (χ3n) is 3.46. The van der Waals surface area contributed by atoms with Gasteiger partial charge in [-0.15, -0.1) is 0 Å². The van der Waals surface area contributed by atoms with Gasteiger partial charge in [0.15, 0.2) is 11.5 Å². The quantitative estimate of drug-likeness (QED) is 0.695. The third-order valence-corrected chi connectivity index (χ3v) is 3.46. The number of ether oxygens (including phenoxy) is 2. The molecule has 8 heteroatoms. The molecule has 2 aromatic rings. The van der Waals surface area contributed by atoms with Crippen LogP contribution >= 0.6 is 0 Å². The number of carbonyl (C=O) groups excluding carboxylic acids is 1. The lowest BCUT2D eigenvalue weighted by Crippen LogP contribution is -2.38. The number of rotatable bonds is 7. The smallest absolute Gasteiger partial charge is 0.319 e. The fraction of sp³-hybridized carbons (Fsp3) is 0.294. The van der Waals surface area contributed by atoms with E-state index in [1.165, 1.54) is 24.9 Å². The van der Waals surface area contributed by atoms with Gasteiger partial charge < -0.3 is 29.8 Å². The number of hydrogen-bond donors (Lipinski definition) is 3. The van der Waals surface area contributed by atoms with Crippen LogP contribution in [0.3, 0.4) is 0 Å². The van der Waals surface area contributed by atoms with E-state index < -0.39 is 12.1 Å². The Labute approximate surface area is 145 Å². The fourth-order valence-corrected chi connectivity index (χ4v) is 2.27. The van der Waals surface area contributed by atoms with E-state index in [4.69, 9.17) is 9.47 Å². The number of carbonyl (C=O) groups is 1. The molecule has 1 aromatic heterocycles. The predicted molar refractivity (Wildman–Crippen MR) is 93.3 cm³/mol. The zero-order valence-corrected chi connectivity index (χ0v) is 14.1. The second-order valence-electron chi connectivity index (χ2n) is 5.22. The number of nitrogens with zero attached hydrogens (tertiary/aromatic N) is 1. The molecule has 0 fully saturated rings. The first kappa shape index (κ1) is 18.3. The molecule has 1 atom stereocenters. The first-order valence-electron chi connectivity index (χ1n) is 7.64. The van der Waals surface area contributed by atoms with E-state index in [-0.39, 0.29) is 18.6 Å². The lowest BCUT2D eigenvalue weighted by atomic mass is 10.2. The number of hydrogen-bond acceptors (Lipinski definition) is 5. The van der Waals surface area contributed by atoms with E-state index in [9.17, 15) is 14.7 Å². The molecular formula is C17H21N3O5. The van der Waals surface area contributed by atoms with Crippen molar-refractivity contribution in [1.82, 2.24) is 9.88 Å². The second kappa shape index (κ2) is 8.74. The van der Waals surface area contributed by atoms with Gasteiger partial charge in [-0.3, -0.25) is 4.79 Å². The maximum Gasteiger partial charge on any atom is 0.319 e. The molecule has 3 N–H and O–H groups in total. The van der Waals surface area contributed by atoms with Crippen LogP contribution < -0.4 is 25.7 Å². The van der Waals surface area contributed by atoms with Crippen LogP contribution in [-0.4, -0.2) is 42.6 Å².